The molecule has 2 rings (SSSR count). The van der Waals surface area contributed by atoms with Gasteiger partial charge in [-0.1, -0.05) is 30.3 Å². The van der Waals surface area contributed by atoms with Gasteiger partial charge in [-0.15, -0.1) is 0 Å². The molecule has 2 aromatic carbocycles. The number of hydrogen-bond donors (Lipinski definition) is 3. The Morgan fingerprint density at radius 1 is 0.958 bits per heavy atom. The monoisotopic (exact) mass is 328 g/mol. The zero-order valence-corrected chi connectivity index (χ0v) is 13.6. The summed E-state index contributed by atoms with van der Waals surface area (Å²) in [5.74, 6) is 0.260. The summed E-state index contributed by atoms with van der Waals surface area (Å²) in [4.78, 5) is 16.0. The normalized spacial score (nSPS) is 11.0. The number of amides is 1. The smallest absolute Gasteiger partial charge is 0.251 e. The van der Waals surface area contributed by atoms with E-state index in [0.717, 1.165) is 5.56 Å². The molecular weight excluding hydrogens is 307 g/mol. The van der Waals surface area contributed by atoms with Crippen molar-refractivity contribution < 1.29 is 9.18 Å². The zero-order valence-electron chi connectivity index (χ0n) is 13.6. The van der Waals surface area contributed by atoms with E-state index in [9.17, 15) is 9.18 Å². The Morgan fingerprint density at radius 3 is 2.29 bits per heavy atom. The van der Waals surface area contributed by atoms with Crippen molar-refractivity contribution in [3.8, 4) is 0 Å². The summed E-state index contributed by atoms with van der Waals surface area (Å²) in [6, 6.07) is 15.3. The molecule has 0 atom stereocenters. The van der Waals surface area contributed by atoms with Gasteiger partial charge in [0.25, 0.3) is 5.91 Å². The molecule has 2 aromatic rings. The van der Waals surface area contributed by atoms with E-state index >= 15 is 0 Å². The molecule has 0 unspecified atom stereocenters. The van der Waals surface area contributed by atoms with Crippen LogP contribution in [0, 0.1) is 5.82 Å². The first-order valence-corrected chi connectivity index (χ1v) is 7.71. The SMILES string of the molecule is CN=C(NCCNC(=O)c1ccccc1)NCc1ccc(F)cc1. The van der Waals surface area contributed by atoms with Crippen LogP contribution in [0.1, 0.15) is 15.9 Å². The Kier molecular flexibility index (Phi) is 6.76. The lowest BCUT2D eigenvalue weighted by Crippen LogP contribution is -2.41. The van der Waals surface area contributed by atoms with Crippen LogP contribution in [0.3, 0.4) is 0 Å². The van der Waals surface area contributed by atoms with Crippen molar-refractivity contribution in [2.75, 3.05) is 20.1 Å². The molecule has 3 N–H and O–H groups in total. The van der Waals surface area contributed by atoms with Crippen molar-refractivity contribution >= 4 is 11.9 Å². The number of benzene rings is 2. The van der Waals surface area contributed by atoms with E-state index in [1.165, 1.54) is 12.1 Å². The molecule has 0 aromatic heterocycles. The van der Waals surface area contributed by atoms with Crippen LogP contribution >= 0.6 is 0 Å². The van der Waals surface area contributed by atoms with Crippen LogP contribution in [-0.4, -0.2) is 32.0 Å². The molecule has 6 heteroatoms. The van der Waals surface area contributed by atoms with Gasteiger partial charge < -0.3 is 16.0 Å². The number of halogens is 1. The Balaban J connectivity index is 1.68. The summed E-state index contributed by atoms with van der Waals surface area (Å²) in [6.45, 7) is 1.56. The van der Waals surface area contributed by atoms with Crippen molar-refractivity contribution in [1.82, 2.24) is 16.0 Å². The largest absolute Gasteiger partial charge is 0.355 e. The van der Waals surface area contributed by atoms with E-state index < -0.39 is 0 Å². The van der Waals surface area contributed by atoms with Crippen LogP contribution in [0.4, 0.5) is 4.39 Å². The number of aliphatic imine (C=N–C) groups is 1. The fourth-order valence-electron chi connectivity index (χ4n) is 2.06. The zero-order chi connectivity index (χ0) is 17.2. The second-order valence-corrected chi connectivity index (χ2v) is 5.10. The number of nitrogens with one attached hydrogen (secondary N) is 3. The number of nitrogens with zero attached hydrogens (tertiary/aromatic N) is 1. The summed E-state index contributed by atoms with van der Waals surface area (Å²) in [6.07, 6.45) is 0. The van der Waals surface area contributed by atoms with Crippen LogP contribution in [-0.2, 0) is 6.54 Å². The molecule has 0 aliphatic carbocycles. The Labute approximate surface area is 141 Å². The molecule has 0 saturated carbocycles. The highest BCUT2D eigenvalue weighted by Gasteiger charge is 2.03. The molecule has 5 nitrogen and oxygen atoms in total. The van der Waals surface area contributed by atoms with E-state index in [1.54, 1.807) is 31.3 Å². The minimum absolute atomic E-state index is 0.105. The van der Waals surface area contributed by atoms with Crippen LogP contribution in [0.15, 0.2) is 59.6 Å². The number of hydrogen-bond acceptors (Lipinski definition) is 2. The summed E-state index contributed by atoms with van der Waals surface area (Å²) < 4.78 is 12.9. The fourth-order valence-corrected chi connectivity index (χ4v) is 2.06. The van der Waals surface area contributed by atoms with Crippen LogP contribution in [0.2, 0.25) is 0 Å². The fraction of sp³-hybridized carbons (Fsp3) is 0.222. The highest BCUT2D eigenvalue weighted by atomic mass is 19.1. The number of carbonyl (C=O) groups is 1. The van der Waals surface area contributed by atoms with Crippen LogP contribution < -0.4 is 16.0 Å². The molecule has 0 heterocycles. The third-order valence-electron chi connectivity index (χ3n) is 3.34. The molecule has 0 aliphatic heterocycles. The first-order valence-electron chi connectivity index (χ1n) is 7.71. The van der Waals surface area contributed by atoms with Gasteiger partial charge in [-0.2, -0.15) is 0 Å². The Bertz CT molecular complexity index is 671. The minimum Gasteiger partial charge on any atom is -0.355 e. The van der Waals surface area contributed by atoms with Gasteiger partial charge >= 0.3 is 0 Å². The second-order valence-electron chi connectivity index (χ2n) is 5.10. The molecule has 0 aliphatic rings. The van der Waals surface area contributed by atoms with Gasteiger partial charge in [0.05, 0.1) is 0 Å². The first-order chi connectivity index (χ1) is 11.7. The minimum atomic E-state index is -0.254. The van der Waals surface area contributed by atoms with Crippen molar-refractivity contribution in [2.45, 2.75) is 6.54 Å². The molecule has 0 spiro atoms. The predicted octanol–water partition coefficient (Wildman–Crippen LogP) is 1.92. The molecular formula is C18H21FN4O. The molecule has 126 valence electrons. The molecule has 24 heavy (non-hydrogen) atoms. The lowest BCUT2D eigenvalue weighted by Gasteiger charge is -2.12. The van der Waals surface area contributed by atoms with Gasteiger partial charge in [-0.3, -0.25) is 9.79 Å². The van der Waals surface area contributed by atoms with Gasteiger partial charge in [-0.25, -0.2) is 4.39 Å². The third kappa shape index (κ3) is 5.72. The molecule has 0 saturated heterocycles. The van der Waals surface area contributed by atoms with Crippen molar-refractivity contribution in [3.63, 3.8) is 0 Å². The van der Waals surface area contributed by atoms with Gasteiger partial charge in [0.15, 0.2) is 5.96 Å². The van der Waals surface area contributed by atoms with Gasteiger partial charge in [0.1, 0.15) is 5.82 Å². The standard InChI is InChI=1S/C18H21FN4O/c1-20-18(23-13-14-7-9-16(19)10-8-14)22-12-11-21-17(24)15-5-3-2-4-6-15/h2-10H,11-13H2,1H3,(H,21,24)(H2,20,22,23). The second kappa shape index (κ2) is 9.29. The van der Waals surface area contributed by atoms with Gasteiger partial charge in [-0.05, 0) is 29.8 Å². The topological polar surface area (TPSA) is 65.5 Å². The molecule has 0 bridgehead atoms. The maximum atomic E-state index is 12.9. The van der Waals surface area contributed by atoms with E-state index in [4.69, 9.17) is 0 Å². The molecule has 1 amide bonds. The van der Waals surface area contributed by atoms with E-state index in [0.29, 0.717) is 31.2 Å². The summed E-state index contributed by atoms with van der Waals surface area (Å²) in [5.41, 5.74) is 1.59. The average molecular weight is 328 g/mol. The summed E-state index contributed by atoms with van der Waals surface area (Å²) in [7, 11) is 1.67. The predicted molar refractivity (Wildman–Crippen MR) is 93.4 cm³/mol. The van der Waals surface area contributed by atoms with E-state index in [-0.39, 0.29) is 11.7 Å². The number of rotatable bonds is 6. The third-order valence-corrected chi connectivity index (χ3v) is 3.34. The Morgan fingerprint density at radius 2 is 1.62 bits per heavy atom. The molecule has 0 fully saturated rings. The van der Waals surface area contributed by atoms with Crippen molar-refractivity contribution in [1.29, 1.82) is 0 Å². The summed E-state index contributed by atoms with van der Waals surface area (Å²) in [5, 5.41) is 9.07. The lowest BCUT2D eigenvalue weighted by atomic mass is 10.2. The average Bonchev–Trinajstić information content (AvgIpc) is 2.63. The maximum Gasteiger partial charge on any atom is 0.251 e. The van der Waals surface area contributed by atoms with Crippen molar-refractivity contribution in [3.05, 3.63) is 71.5 Å². The number of guanidine groups is 1. The van der Waals surface area contributed by atoms with Crippen LogP contribution in [0.25, 0.3) is 0 Å². The van der Waals surface area contributed by atoms with Crippen LogP contribution in [0.5, 0.6) is 0 Å². The van der Waals surface area contributed by atoms with Crippen molar-refractivity contribution in [2.24, 2.45) is 4.99 Å². The highest BCUT2D eigenvalue weighted by Crippen LogP contribution is 2.01. The van der Waals surface area contributed by atoms with Gasteiger partial charge in [0.2, 0.25) is 0 Å². The summed E-state index contributed by atoms with van der Waals surface area (Å²) >= 11 is 0. The molecule has 0 radical (unpaired) electrons. The van der Waals surface area contributed by atoms with E-state index in [1.807, 2.05) is 18.2 Å². The highest BCUT2D eigenvalue weighted by molar-refractivity contribution is 5.94. The first kappa shape index (κ1) is 17.5. The maximum absolute atomic E-state index is 12.9. The van der Waals surface area contributed by atoms with E-state index in [2.05, 4.69) is 20.9 Å². The quantitative estimate of drug-likeness (QED) is 0.431. The Hall–Kier alpha value is -2.89. The lowest BCUT2D eigenvalue weighted by molar-refractivity contribution is 0.0954. The number of carbonyl (C=O) groups excluding carboxylic acids is 1. The van der Waals surface area contributed by atoms with Gasteiger partial charge in [0, 0.05) is 32.2 Å².